The first-order valence-electron chi connectivity index (χ1n) is 10.4. The number of ether oxygens (including phenoxy) is 1. The molecule has 0 aromatic heterocycles. The van der Waals surface area contributed by atoms with Crippen LogP contribution in [0.1, 0.15) is 76.8 Å². The number of unbranched alkanes of at least 4 members (excludes halogenated alkanes) is 4. The molecule has 0 N–H and O–H groups in total. The van der Waals surface area contributed by atoms with Crippen molar-refractivity contribution in [1.29, 1.82) is 0 Å². The minimum absolute atomic E-state index is 0.163. The molecule has 145 valence electrons. The van der Waals surface area contributed by atoms with E-state index in [0.717, 1.165) is 12.0 Å². The molecule has 0 aliphatic rings. The topological polar surface area (TPSA) is 26.3 Å². The number of carbonyl (C=O) groups is 1. The molecule has 0 amide bonds. The fourth-order valence-corrected chi connectivity index (χ4v) is 3.18. The smallest absolute Gasteiger partial charge is 0.306 e. The van der Waals surface area contributed by atoms with E-state index < -0.39 is 0 Å². The van der Waals surface area contributed by atoms with Gasteiger partial charge in [0.1, 0.15) is 0 Å². The molecule has 0 unspecified atom stereocenters. The molecular formula is C25H33O2. The molecule has 0 spiro atoms. The summed E-state index contributed by atoms with van der Waals surface area (Å²) in [5, 5.41) is 0. The predicted octanol–water partition coefficient (Wildman–Crippen LogP) is 7.11. The summed E-state index contributed by atoms with van der Waals surface area (Å²) in [6.07, 6.45) is 9.70. The first kappa shape index (κ1) is 21.2. The molecule has 0 aliphatic carbocycles. The van der Waals surface area contributed by atoms with Gasteiger partial charge in [0.2, 0.25) is 0 Å². The van der Waals surface area contributed by atoms with Gasteiger partial charge in [-0.2, -0.15) is 0 Å². The van der Waals surface area contributed by atoms with Crippen molar-refractivity contribution in [3.8, 4) is 11.1 Å². The molecule has 0 saturated carbocycles. The third kappa shape index (κ3) is 7.21. The summed E-state index contributed by atoms with van der Waals surface area (Å²) in [5.41, 5.74) is 4.77. The number of carbonyl (C=O) groups excluding carboxylic acids is 1. The fraction of sp³-hybridized carbons (Fsp3) is 0.440. The van der Waals surface area contributed by atoms with Crippen LogP contribution in [0.4, 0.5) is 0 Å². The van der Waals surface area contributed by atoms with Crippen molar-refractivity contribution in [3.05, 3.63) is 65.8 Å². The van der Waals surface area contributed by atoms with Crippen molar-refractivity contribution in [2.75, 3.05) is 0 Å². The lowest BCUT2D eigenvalue weighted by atomic mass is 9.99. The highest BCUT2D eigenvalue weighted by atomic mass is 16.5. The van der Waals surface area contributed by atoms with E-state index in [1.165, 1.54) is 55.2 Å². The van der Waals surface area contributed by atoms with Crippen LogP contribution in [0, 0.1) is 6.10 Å². The van der Waals surface area contributed by atoms with Crippen molar-refractivity contribution < 1.29 is 9.53 Å². The van der Waals surface area contributed by atoms with Crippen LogP contribution in [0.25, 0.3) is 11.1 Å². The largest absolute Gasteiger partial charge is 0.450 e. The van der Waals surface area contributed by atoms with Gasteiger partial charge in [-0.3, -0.25) is 4.79 Å². The Balaban J connectivity index is 1.89. The zero-order valence-electron chi connectivity index (χ0n) is 17.1. The van der Waals surface area contributed by atoms with Crippen molar-refractivity contribution in [1.82, 2.24) is 0 Å². The Kier molecular flexibility index (Phi) is 9.10. The molecule has 0 fully saturated rings. The molecule has 27 heavy (non-hydrogen) atoms. The van der Waals surface area contributed by atoms with E-state index in [1.54, 1.807) is 0 Å². The highest BCUT2D eigenvalue weighted by molar-refractivity contribution is 5.71. The second-order valence-corrected chi connectivity index (χ2v) is 7.22. The van der Waals surface area contributed by atoms with Crippen LogP contribution in [0.3, 0.4) is 0 Å². The number of aryl methyl sites for hydroxylation is 1. The number of rotatable bonds is 11. The van der Waals surface area contributed by atoms with Crippen molar-refractivity contribution in [2.45, 2.75) is 72.1 Å². The highest BCUT2D eigenvalue weighted by Crippen LogP contribution is 2.24. The van der Waals surface area contributed by atoms with Gasteiger partial charge in [0, 0.05) is 6.42 Å². The number of hydrogen-bond acceptors (Lipinski definition) is 2. The van der Waals surface area contributed by atoms with Crippen molar-refractivity contribution in [3.63, 3.8) is 0 Å². The molecular weight excluding hydrogens is 332 g/mol. The summed E-state index contributed by atoms with van der Waals surface area (Å²) in [6, 6.07) is 17.1. The summed E-state index contributed by atoms with van der Waals surface area (Å²) in [4.78, 5) is 11.6. The number of esters is 1. The van der Waals surface area contributed by atoms with Crippen LogP contribution in [0.2, 0.25) is 0 Å². The first-order chi connectivity index (χ1) is 13.1. The van der Waals surface area contributed by atoms with Gasteiger partial charge < -0.3 is 4.74 Å². The first-order valence-corrected chi connectivity index (χ1v) is 10.4. The molecule has 2 rings (SSSR count). The Labute approximate surface area is 165 Å². The van der Waals surface area contributed by atoms with E-state index in [0.29, 0.717) is 12.5 Å². The van der Waals surface area contributed by atoms with Crippen molar-refractivity contribution in [2.24, 2.45) is 0 Å². The molecule has 2 nitrogen and oxygen atoms in total. The molecule has 0 saturated heterocycles. The van der Waals surface area contributed by atoms with Crippen LogP contribution in [-0.2, 0) is 16.0 Å². The lowest BCUT2D eigenvalue weighted by Gasteiger charge is -2.12. The van der Waals surface area contributed by atoms with Gasteiger partial charge in [-0.15, -0.1) is 0 Å². The minimum Gasteiger partial charge on any atom is -0.450 e. The van der Waals surface area contributed by atoms with Gasteiger partial charge in [-0.05, 0) is 48.4 Å². The van der Waals surface area contributed by atoms with Gasteiger partial charge in [0.05, 0.1) is 0 Å². The zero-order chi connectivity index (χ0) is 19.5. The van der Waals surface area contributed by atoms with Crippen LogP contribution in [0.15, 0.2) is 48.5 Å². The average molecular weight is 366 g/mol. The third-order valence-electron chi connectivity index (χ3n) is 4.87. The second kappa shape index (κ2) is 11.6. The molecule has 2 heteroatoms. The van der Waals surface area contributed by atoms with Crippen LogP contribution in [0.5, 0.6) is 0 Å². The Morgan fingerprint density at radius 1 is 0.778 bits per heavy atom. The maximum atomic E-state index is 11.6. The number of benzene rings is 2. The SMILES string of the molecule is CCCCCCCc1ccc(-c2ccc([C](C)OC(=O)CCC)cc2)cc1. The lowest BCUT2D eigenvalue weighted by molar-refractivity contribution is -0.141. The van der Waals surface area contributed by atoms with Gasteiger partial charge in [0.25, 0.3) is 0 Å². The second-order valence-electron chi connectivity index (χ2n) is 7.22. The normalized spacial score (nSPS) is 11.0. The van der Waals surface area contributed by atoms with E-state index >= 15 is 0 Å². The molecule has 1 radical (unpaired) electrons. The van der Waals surface area contributed by atoms with Crippen LogP contribution in [-0.4, -0.2) is 5.97 Å². The molecule has 2 aromatic rings. The third-order valence-corrected chi connectivity index (χ3v) is 4.87. The van der Waals surface area contributed by atoms with E-state index in [1.807, 2.05) is 26.0 Å². The number of hydrogen-bond donors (Lipinski definition) is 0. The predicted molar refractivity (Wildman–Crippen MR) is 113 cm³/mol. The van der Waals surface area contributed by atoms with Gasteiger partial charge in [0.15, 0.2) is 6.10 Å². The summed E-state index contributed by atoms with van der Waals surface area (Å²) in [5.74, 6) is -0.163. The van der Waals surface area contributed by atoms with E-state index in [4.69, 9.17) is 4.74 Å². The Hall–Kier alpha value is -2.09. The Morgan fingerprint density at radius 2 is 1.37 bits per heavy atom. The monoisotopic (exact) mass is 365 g/mol. The molecule has 2 aromatic carbocycles. The maximum Gasteiger partial charge on any atom is 0.306 e. The lowest BCUT2D eigenvalue weighted by Crippen LogP contribution is -2.08. The van der Waals surface area contributed by atoms with Gasteiger partial charge in [-0.25, -0.2) is 0 Å². The summed E-state index contributed by atoms with van der Waals surface area (Å²) >= 11 is 0. The minimum atomic E-state index is -0.163. The van der Waals surface area contributed by atoms with Crippen LogP contribution < -0.4 is 0 Å². The molecule has 0 bridgehead atoms. The van der Waals surface area contributed by atoms with E-state index in [2.05, 4.69) is 43.3 Å². The fourth-order valence-electron chi connectivity index (χ4n) is 3.18. The Bertz CT molecular complexity index is 670. The summed E-state index contributed by atoms with van der Waals surface area (Å²) < 4.78 is 5.38. The van der Waals surface area contributed by atoms with Crippen LogP contribution >= 0.6 is 0 Å². The average Bonchev–Trinajstić information content (AvgIpc) is 2.68. The standard InChI is InChI=1S/C25H33O2/c1-4-6-7-8-9-11-21-12-14-23(15-13-21)24-18-16-22(17-19-24)20(3)27-25(26)10-5-2/h12-19H,4-11H2,1-3H3. The van der Waals surface area contributed by atoms with Gasteiger partial charge in [-0.1, -0.05) is 88.1 Å². The van der Waals surface area contributed by atoms with Gasteiger partial charge >= 0.3 is 5.97 Å². The molecule has 0 heterocycles. The van der Waals surface area contributed by atoms with E-state index in [-0.39, 0.29) is 5.97 Å². The Morgan fingerprint density at radius 3 is 1.96 bits per heavy atom. The quantitative estimate of drug-likeness (QED) is 0.313. The summed E-state index contributed by atoms with van der Waals surface area (Å²) in [6.45, 7) is 6.07. The van der Waals surface area contributed by atoms with E-state index in [9.17, 15) is 4.79 Å². The van der Waals surface area contributed by atoms with Crippen molar-refractivity contribution >= 4 is 5.97 Å². The summed E-state index contributed by atoms with van der Waals surface area (Å²) in [7, 11) is 0. The molecule has 0 atom stereocenters. The highest BCUT2D eigenvalue weighted by Gasteiger charge is 2.12. The maximum absolute atomic E-state index is 11.6. The molecule has 0 aliphatic heterocycles. The zero-order valence-corrected chi connectivity index (χ0v) is 17.1.